The Morgan fingerprint density at radius 3 is 2.71 bits per heavy atom. The summed E-state index contributed by atoms with van der Waals surface area (Å²) >= 11 is 0. The van der Waals surface area contributed by atoms with Crippen molar-refractivity contribution < 1.29 is 14.6 Å². The molecule has 0 aliphatic rings. The molecule has 0 saturated heterocycles. The number of aromatic nitrogens is 2. The number of rotatable bonds is 4. The summed E-state index contributed by atoms with van der Waals surface area (Å²) in [7, 11) is 1.46. The van der Waals surface area contributed by atoms with Crippen molar-refractivity contribution in [1.29, 1.82) is 0 Å². The number of carboxylic acids is 1. The Labute approximate surface area is 80.7 Å². The topological polar surface area (TPSA) is 98.3 Å². The molecule has 0 saturated carbocycles. The molecule has 1 atom stereocenters. The lowest BCUT2D eigenvalue weighted by molar-refractivity contribution is -0.138. The van der Waals surface area contributed by atoms with Gasteiger partial charge in [0.25, 0.3) is 0 Å². The number of carboxylic acid groups (broad SMARTS) is 1. The van der Waals surface area contributed by atoms with E-state index in [4.69, 9.17) is 15.6 Å². The van der Waals surface area contributed by atoms with Crippen molar-refractivity contribution in [3.05, 3.63) is 18.1 Å². The number of nitrogens with zero attached hydrogens (tertiary/aromatic N) is 2. The van der Waals surface area contributed by atoms with Gasteiger partial charge >= 0.3 is 5.97 Å². The Morgan fingerprint density at radius 2 is 2.36 bits per heavy atom. The third kappa shape index (κ3) is 2.17. The van der Waals surface area contributed by atoms with Crippen molar-refractivity contribution in [2.24, 2.45) is 5.73 Å². The average molecular weight is 197 g/mol. The van der Waals surface area contributed by atoms with Gasteiger partial charge in [0.1, 0.15) is 5.92 Å². The number of methoxy groups -OCH3 is 1. The van der Waals surface area contributed by atoms with Gasteiger partial charge < -0.3 is 15.6 Å². The minimum Gasteiger partial charge on any atom is -0.481 e. The van der Waals surface area contributed by atoms with Gasteiger partial charge in [-0.25, -0.2) is 4.98 Å². The fourth-order valence-electron chi connectivity index (χ4n) is 0.960. The van der Waals surface area contributed by atoms with Crippen molar-refractivity contribution in [3.8, 4) is 5.88 Å². The molecule has 1 unspecified atom stereocenters. The molecule has 1 rings (SSSR count). The number of hydrogen-bond donors (Lipinski definition) is 2. The Kier molecular flexibility index (Phi) is 3.35. The second kappa shape index (κ2) is 4.52. The lowest BCUT2D eigenvalue weighted by Gasteiger charge is -2.08. The normalized spacial score (nSPS) is 12.1. The minimum atomic E-state index is -1.01. The van der Waals surface area contributed by atoms with Gasteiger partial charge in [-0.05, 0) is 0 Å². The lowest BCUT2D eigenvalue weighted by Crippen LogP contribution is -2.22. The standard InChI is InChI=1S/C8H11N3O3/c1-14-7-4-10-6(3-11-7)5(2-9)8(12)13/h3-5H,2,9H2,1H3,(H,12,13). The average Bonchev–Trinajstić information content (AvgIpc) is 2.19. The molecule has 14 heavy (non-hydrogen) atoms. The first-order chi connectivity index (χ1) is 6.69. The predicted octanol–water partition coefficient (Wildman–Crippen LogP) is -0.388. The molecule has 3 N–H and O–H groups in total. The maximum absolute atomic E-state index is 10.7. The highest BCUT2D eigenvalue weighted by Gasteiger charge is 2.19. The molecule has 0 aliphatic heterocycles. The summed E-state index contributed by atoms with van der Waals surface area (Å²) in [5.41, 5.74) is 5.63. The van der Waals surface area contributed by atoms with Crippen LogP contribution in [-0.2, 0) is 4.79 Å². The van der Waals surface area contributed by atoms with Crippen LogP contribution in [0.4, 0.5) is 0 Å². The van der Waals surface area contributed by atoms with Crippen molar-refractivity contribution in [2.75, 3.05) is 13.7 Å². The molecule has 0 fully saturated rings. The van der Waals surface area contributed by atoms with E-state index in [1.807, 2.05) is 0 Å². The van der Waals surface area contributed by atoms with Crippen LogP contribution in [0.2, 0.25) is 0 Å². The molecule has 76 valence electrons. The number of hydrogen-bond acceptors (Lipinski definition) is 5. The number of nitrogens with two attached hydrogens (primary N) is 1. The number of ether oxygens (including phenoxy) is 1. The van der Waals surface area contributed by atoms with E-state index >= 15 is 0 Å². The van der Waals surface area contributed by atoms with Crippen LogP contribution in [0.25, 0.3) is 0 Å². The van der Waals surface area contributed by atoms with E-state index < -0.39 is 11.9 Å². The zero-order valence-electron chi connectivity index (χ0n) is 7.67. The van der Waals surface area contributed by atoms with Gasteiger partial charge in [0.05, 0.1) is 25.2 Å². The van der Waals surface area contributed by atoms with Gasteiger partial charge in [0.15, 0.2) is 0 Å². The number of aliphatic carboxylic acids is 1. The maximum atomic E-state index is 10.7. The summed E-state index contributed by atoms with van der Waals surface area (Å²) in [5.74, 6) is -1.48. The van der Waals surface area contributed by atoms with Crippen LogP contribution in [0.1, 0.15) is 11.6 Å². The Morgan fingerprint density at radius 1 is 1.64 bits per heavy atom. The second-order valence-corrected chi connectivity index (χ2v) is 2.61. The monoisotopic (exact) mass is 197 g/mol. The van der Waals surface area contributed by atoms with Crippen molar-refractivity contribution in [2.45, 2.75) is 5.92 Å². The third-order valence-electron chi connectivity index (χ3n) is 1.75. The molecule has 6 nitrogen and oxygen atoms in total. The molecule has 0 bridgehead atoms. The van der Waals surface area contributed by atoms with E-state index in [1.54, 1.807) is 0 Å². The maximum Gasteiger partial charge on any atom is 0.313 e. The van der Waals surface area contributed by atoms with Gasteiger partial charge in [0.2, 0.25) is 5.88 Å². The van der Waals surface area contributed by atoms with E-state index in [0.717, 1.165) is 0 Å². The van der Waals surface area contributed by atoms with Gasteiger partial charge in [-0.15, -0.1) is 0 Å². The van der Waals surface area contributed by atoms with E-state index in [0.29, 0.717) is 11.6 Å². The quantitative estimate of drug-likeness (QED) is 0.682. The van der Waals surface area contributed by atoms with Crippen molar-refractivity contribution >= 4 is 5.97 Å². The van der Waals surface area contributed by atoms with Crippen LogP contribution in [0, 0.1) is 0 Å². The zero-order valence-corrected chi connectivity index (χ0v) is 7.67. The molecule has 0 aliphatic carbocycles. The Hall–Kier alpha value is -1.69. The Balaban J connectivity index is 2.89. The highest BCUT2D eigenvalue weighted by atomic mass is 16.5. The largest absolute Gasteiger partial charge is 0.481 e. The van der Waals surface area contributed by atoms with Gasteiger partial charge in [0, 0.05) is 6.54 Å². The molecular formula is C8H11N3O3. The zero-order chi connectivity index (χ0) is 10.6. The summed E-state index contributed by atoms with van der Waals surface area (Å²) in [4.78, 5) is 18.4. The molecule has 1 heterocycles. The van der Waals surface area contributed by atoms with Crippen LogP contribution in [0.5, 0.6) is 5.88 Å². The van der Waals surface area contributed by atoms with Gasteiger partial charge in [-0.1, -0.05) is 0 Å². The summed E-state index contributed by atoms with van der Waals surface area (Å²) in [6, 6.07) is 0. The van der Waals surface area contributed by atoms with Crippen LogP contribution in [-0.4, -0.2) is 34.7 Å². The number of carbonyl (C=O) groups is 1. The van der Waals surface area contributed by atoms with Gasteiger partial charge in [-0.3, -0.25) is 9.78 Å². The molecule has 0 spiro atoms. The summed E-state index contributed by atoms with van der Waals surface area (Å²) in [6.45, 7) is -0.00363. The molecule has 0 radical (unpaired) electrons. The predicted molar refractivity (Wildman–Crippen MR) is 48.0 cm³/mol. The van der Waals surface area contributed by atoms with E-state index in [2.05, 4.69) is 9.97 Å². The first kappa shape index (κ1) is 10.4. The fourth-order valence-corrected chi connectivity index (χ4v) is 0.960. The van der Waals surface area contributed by atoms with Crippen LogP contribution >= 0.6 is 0 Å². The second-order valence-electron chi connectivity index (χ2n) is 2.61. The van der Waals surface area contributed by atoms with E-state index in [-0.39, 0.29) is 6.54 Å². The summed E-state index contributed by atoms with van der Waals surface area (Å²) < 4.78 is 4.79. The molecule has 6 heteroatoms. The molecule has 0 aromatic carbocycles. The fraction of sp³-hybridized carbons (Fsp3) is 0.375. The molecular weight excluding hydrogens is 186 g/mol. The van der Waals surface area contributed by atoms with Crippen LogP contribution < -0.4 is 10.5 Å². The highest BCUT2D eigenvalue weighted by Crippen LogP contribution is 2.12. The lowest BCUT2D eigenvalue weighted by atomic mass is 10.1. The van der Waals surface area contributed by atoms with E-state index in [9.17, 15) is 4.79 Å². The smallest absolute Gasteiger partial charge is 0.313 e. The van der Waals surface area contributed by atoms with E-state index in [1.165, 1.54) is 19.5 Å². The third-order valence-corrected chi connectivity index (χ3v) is 1.75. The highest BCUT2D eigenvalue weighted by molar-refractivity contribution is 5.75. The van der Waals surface area contributed by atoms with Crippen molar-refractivity contribution in [1.82, 2.24) is 9.97 Å². The first-order valence-corrected chi connectivity index (χ1v) is 3.97. The minimum absolute atomic E-state index is 0.00363. The van der Waals surface area contributed by atoms with Crippen LogP contribution in [0.15, 0.2) is 12.4 Å². The molecule has 1 aromatic rings. The first-order valence-electron chi connectivity index (χ1n) is 3.97. The Bertz CT molecular complexity index is 312. The molecule has 1 aromatic heterocycles. The van der Waals surface area contributed by atoms with Crippen LogP contribution in [0.3, 0.4) is 0 Å². The van der Waals surface area contributed by atoms with Crippen molar-refractivity contribution in [3.63, 3.8) is 0 Å². The summed E-state index contributed by atoms with van der Waals surface area (Å²) in [5, 5.41) is 8.77. The molecule has 0 amide bonds. The summed E-state index contributed by atoms with van der Waals surface area (Å²) in [6.07, 6.45) is 2.71. The SMILES string of the molecule is COc1cnc(C(CN)C(=O)O)cn1. The van der Waals surface area contributed by atoms with Gasteiger partial charge in [-0.2, -0.15) is 0 Å².